The van der Waals surface area contributed by atoms with Crippen LogP contribution in [0.5, 0.6) is 0 Å². The molecule has 20 heavy (non-hydrogen) atoms. The van der Waals surface area contributed by atoms with Crippen molar-refractivity contribution in [3.05, 3.63) is 28.8 Å². The molecular weight excluding hydrogens is 280 g/mol. The number of carbonyl (C=O) groups is 1. The lowest BCUT2D eigenvalue weighted by molar-refractivity contribution is -0.0734. The Morgan fingerprint density at radius 2 is 2.15 bits per heavy atom. The summed E-state index contributed by atoms with van der Waals surface area (Å²) in [6.07, 6.45) is 1.06. The predicted octanol–water partition coefficient (Wildman–Crippen LogP) is 1.54. The summed E-state index contributed by atoms with van der Waals surface area (Å²) in [5.41, 5.74) is 5.62. The van der Waals surface area contributed by atoms with E-state index in [1.165, 1.54) is 4.90 Å². The molecule has 1 amide bonds. The largest absolute Gasteiger partial charge is 0.399 e. The Balaban J connectivity index is 2.08. The molecule has 0 radical (unpaired) electrons. The van der Waals surface area contributed by atoms with E-state index in [-0.39, 0.29) is 12.5 Å². The number of likely N-dealkylation sites (N-methyl/N-ethyl adjacent to an activating group) is 1. The SMILES string of the molecule is CN(CC1(O)CCOCC1)C(=O)c1ccc(N)cc1Cl. The van der Waals surface area contributed by atoms with Gasteiger partial charge in [-0.25, -0.2) is 0 Å². The number of carbonyl (C=O) groups excluding carboxylic acids is 1. The first-order valence-electron chi connectivity index (χ1n) is 6.52. The number of benzene rings is 1. The lowest BCUT2D eigenvalue weighted by Gasteiger charge is -2.35. The zero-order chi connectivity index (χ0) is 14.8. The minimum Gasteiger partial charge on any atom is -0.399 e. The van der Waals surface area contributed by atoms with Crippen LogP contribution < -0.4 is 5.73 Å². The van der Waals surface area contributed by atoms with Crippen molar-refractivity contribution < 1.29 is 14.6 Å². The van der Waals surface area contributed by atoms with Gasteiger partial charge >= 0.3 is 0 Å². The van der Waals surface area contributed by atoms with E-state index in [0.717, 1.165) is 0 Å². The molecule has 1 saturated heterocycles. The molecule has 0 aromatic heterocycles. The van der Waals surface area contributed by atoms with E-state index >= 15 is 0 Å². The highest BCUT2D eigenvalue weighted by Crippen LogP contribution is 2.24. The summed E-state index contributed by atoms with van der Waals surface area (Å²) in [5, 5.41) is 10.7. The van der Waals surface area contributed by atoms with Gasteiger partial charge in [-0.2, -0.15) is 0 Å². The first kappa shape index (κ1) is 15.1. The molecule has 6 heteroatoms. The van der Waals surface area contributed by atoms with E-state index in [9.17, 15) is 9.90 Å². The number of ether oxygens (including phenoxy) is 1. The molecular formula is C14H19ClN2O3. The summed E-state index contributed by atoms with van der Waals surface area (Å²) in [4.78, 5) is 13.8. The van der Waals surface area contributed by atoms with E-state index in [1.807, 2.05) is 0 Å². The number of halogens is 1. The van der Waals surface area contributed by atoms with Crippen LogP contribution in [0.15, 0.2) is 18.2 Å². The van der Waals surface area contributed by atoms with Crippen LogP contribution in [0.1, 0.15) is 23.2 Å². The highest BCUT2D eigenvalue weighted by Gasteiger charge is 2.32. The fraction of sp³-hybridized carbons (Fsp3) is 0.500. The van der Waals surface area contributed by atoms with Crippen molar-refractivity contribution in [1.82, 2.24) is 4.90 Å². The lowest BCUT2D eigenvalue weighted by atomic mass is 9.93. The summed E-state index contributed by atoms with van der Waals surface area (Å²) in [6.45, 7) is 1.29. The van der Waals surface area contributed by atoms with E-state index < -0.39 is 5.60 Å². The van der Waals surface area contributed by atoms with Gasteiger partial charge in [0.25, 0.3) is 5.91 Å². The highest BCUT2D eigenvalue weighted by atomic mass is 35.5. The topological polar surface area (TPSA) is 75.8 Å². The molecule has 5 nitrogen and oxygen atoms in total. The first-order valence-corrected chi connectivity index (χ1v) is 6.90. The molecule has 0 aliphatic carbocycles. The number of hydrogen-bond donors (Lipinski definition) is 2. The summed E-state index contributed by atoms with van der Waals surface area (Å²) in [7, 11) is 1.66. The van der Waals surface area contributed by atoms with Gasteiger partial charge in [-0.15, -0.1) is 0 Å². The Kier molecular flexibility index (Phi) is 4.52. The quantitative estimate of drug-likeness (QED) is 0.830. The minimum atomic E-state index is -0.886. The molecule has 1 aromatic carbocycles. The average Bonchev–Trinajstić information content (AvgIpc) is 2.38. The van der Waals surface area contributed by atoms with Gasteiger partial charge in [0.1, 0.15) is 0 Å². The zero-order valence-corrected chi connectivity index (χ0v) is 12.2. The Morgan fingerprint density at radius 3 is 2.75 bits per heavy atom. The van der Waals surface area contributed by atoms with Crippen molar-refractivity contribution >= 4 is 23.2 Å². The molecule has 0 spiro atoms. The second-order valence-corrected chi connectivity index (χ2v) is 5.64. The van der Waals surface area contributed by atoms with Gasteiger partial charge in [-0.3, -0.25) is 4.79 Å². The van der Waals surface area contributed by atoms with Crippen molar-refractivity contribution in [2.75, 3.05) is 32.5 Å². The van der Waals surface area contributed by atoms with Crippen LogP contribution in [-0.2, 0) is 4.74 Å². The maximum atomic E-state index is 12.4. The summed E-state index contributed by atoms with van der Waals surface area (Å²) in [5.74, 6) is -0.227. The maximum Gasteiger partial charge on any atom is 0.255 e. The number of amides is 1. The Labute approximate surface area is 123 Å². The number of rotatable bonds is 3. The second-order valence-electron chi connectivity index (χ2n) is 5.24. The number of anilines is 1. The van der Waals surface area contributed by atoms with Crippen LogP contribution >= 0.6 is 11.6 Å². The summed E-state index contributed by atoms with van der Waals surface area (Å²) < 4.78 is 5.23. The highest BCUT2D eigenvalue weighted by molar-refractivity contribution is 6.34. The van der Waals surface area contributed by atoms with Crippen LogP contribution in [-0.4, -0.2) is 48.3 Å². The molecule has 1 heterocycles. The van der Waals surface area contributed by atoms with Gasteiger partial charge in [0.15, 0.2) is 0 Å². The molecule has 1 fully saturated rings. The number of nitrogen functional groups attached to an aromatic ring is 1. The molecule has 3 N–H and O–H groups in total. The molecule has 1 aliphatic rings. The standard InChI is InChI=1S/C14H19ClN2O3/c1-17(9-14(19)4-6-20-7-5-14)13(18)11-3-2-10(16)8-12(11)15/h2-3,8,19H,4-7,9,16H2,1H3. The van der Waals surface area contributed by atoms with Crippen molar-refractivity contribution in [2.45, 2.75) is 18.4 Å². The fourth-order valence-corrected chi connectivity index (χ4v) is 2.60. The zero-order valence-electron chi connectivity index (χ0n) is 11.4. The van der Waals surface area contributed by atoms with Gasteiger partial charge in [0.2, 0.25) is 0 Å². The Bertz CT molecular complexity index is 501. The molecule has 2 rings (SSSR count). The molecule has 110 valence electrons. The molecule has 0 atom stereocenters. The van der Waals surface area contributed by atoms with Gasteiger partial charge in [-0.05, 0) is 18.2 Å². The number of nitrogens with zero attached hydrogens (tertiary/aromatic N) is 1. The number of nitrogens with two attached hydrogens (primary N) is 1. The van der Waals surface area contributed by atoms with E-state index in [4.69, 9.17) is 22.1 Å². The van der Waals surface area contributed by atoms with Crippen LogP contribution in [0.4, 0.5) is 5.69 Å². The third-order valence-electron chi connectivity index (χ3n) is 3.53. The van der Waals surface area contributed by atoms with E-state index in [2.05, 4.69) is 0 Å². The smallest absolute Gasteiger partial charge is 0.255 e. The van der Waals surface area contributed by atoms with Crippen LogP contribution in [0.3, 0.4) is 0 Å². The summed E-state index contributed by atoms with van der Waals surface area (Å²) in [6, 6.07) is 4.78. The lowest BCUT2D eigenvalue weighted by Crippen LogP contribution is -2.47. The van der Waals surface area contributed by atoms with Crippen LogP contribution in [0.2, 0.25) is 5.02 Å². The number of hydrogen-bond acceptors (Lipinski definition) is 4. The second kappa shape index (κ2) is 5.99. The minimum absolute atomic E-state index is 0.227. The summed E-state index contributed by atoms with van der Waals surface area (Å²) >= 11 is 6.04. The third-order valence-corrected chi connectivity index (χ3v) is 3.84. The Morgan fingerprint density at radius 1 is 1.50 bits per heavy atom. The van der Waals surface area contributed by atoms with E-state index in [0.29, 0.717) is 42.3 Å². The van der Waals surface area contributed by atoms with Crippen LogP contribution in [0, 0.1) is 0 Å². The molecule has 1 aliphatic heterocycles. The number of aliphatic hydroxyl groups is 1. The van der Waals surface area contributed by atoms with Crippen molar-refractivity contribution in [1.29, 1.82) is 0 Å². The van der Waals surface area contributed by atoms with Crippen LogP contribution in [0.25, 0.3) is 0 Å². The first-order chi connectivity index (χ1) is 9.41. The average molecular weight is 299 g/mol. The third kappa shape index (κ3) is 3.42. The van der Waals surface area contributed by atoms with Gasteiger partial charge in [-0.1, -0.05) is 11.6 Å². The monoisotopic (exact) mass is 298 g/mol. The molecule has 1 aromatic rings. The Hall–Kier alpha value is -1.30. The van der Waals surface area contributed by atoms with Gasteiger partial charge < -0.3 is 20.5 Å². The maximum absolute atomic E-state index is 12.4. The normalized spacial score (nSPS) is 17.8. The fourth-order valence-electron chi connectivity index (χ4n) is 2.33. The van der Waals surface area contributed by atoms with Crippen molar-refractivity contribution in [3.8, 4) is 0 Å². The molecule has 0 bridgehead atoms. The van der Waals surface area contributed by atoms with Gasteiger partial charge in [0, 0.05) is 45.3 Å². The van der Waals surface area contributed by atoms with E-state index in [1.54, 1.807) is 25.2 Å². The predicted molar refractivity (Wildman–Crippen MR) is 77.8 cm³/mol. The van der Waals surface area contributed by atoms with Gasteiger partial charge in [0.05, 0.1) is 16.2 Å². The van der Waals surface area contributed by atoms with Crippen molar-refractivity contribution in [3.63, 3.8) is 0 Å². The van der Waals surface area contributed by atoms with Crippen molar-refractivity contribution in [2.24, 2.45) is 0 Å². The molecule has 0 unspecified atom stereocenters. The molecule has 0 saturated carbocycles.